The van der Waals surface area contributed by atoms with Crippen LogP contribution in [0.5, 0.6) is 5.75 Å². The Hall–Kier alpha value is -2.36. The quantitative estimate of drug-likeness (QED) is 0.887. The number of carbonyl (C=O) groups excluding carboxylic acids is 1. The van der Waals surface area contributed by atoms with Crippen LogP contribution in [0.3, 0.4) is 0 Å². The van der Waals surface area contributed by atoms with Crippen molar-refractivity contribution < 1.29 is 9.53 Å². The van der Waals surface area contributed by atoms with Crippen molar-refractivity contribution in [2.24, 2.45) is 0 Å². The van der Waals surface area contributed by atoms with Gasteiger partial charge in [0.1, 0.15) is 5.75 Å². The van der Waals surface area contributed by atoms with Crippen LogP contribution in [-0.4, -0.2) is 17.5 Å². The van der Waals surface area contributed by atoms with Gasteiger partial charge in [-0.15, -0.1) is 0 Å². The Morgan fingerprint density at radius 2 is 1.86 bits per heavy atom. The van der Waals surface area contributed by atoms with E-state index < -0.39 is 0 Å². The molecule has 2 aromatic rings. The number of pyridine rings is 1. The normalized spacial score (nSPS) is 11.7. The maximum absolute atomic E-state index is 12.0. The number of hydrogen-bond acceptors (Lipinski definition) is 3. The number of rotatable bonds is 6. The number of carbonyl (C=O) groups is 1. The summed E-state index contributed by atoms with van der Waals surface area (Å²) in [6, 6.07) is 11.4. The number of nitrogens with zero attached hydrogens (tertiary/aromatic N) is 1. The van der Waals surface area contributed by atoms with E-state index in [0.29, 0.717) is 13.0 Å². The average molecular weight is 284 g/mol. The smallest absolute Gasteiger partial charge is 0.224 e. The molecule has 0 fully saturated rings. The van der Waals surface area contributed by atoms with Gasteiger partial charge in [0.05, 0.1) is 19.1 Å². The molecule has 0 radical (unpaired) electrons. The van der Waals surface area contributed by atoms with E-state index in [9.17, 15) is 4.79 Å². The van der Waals surface area contributed by atoms with E-state index >= 15 is 0 Å². The molecule has 0 saturated heterocycles. The second-order valence-corrected chi connectivity index (χ2v) is 4.82. The monoisotopic (exact) mass is 284 g/mol. The summed E-state index contributed by atoms with van der Waals surface area (Å²) >= 11 is 0. The van der Waals surface area contributed by atoms with E-state index in [1.54, 1.807) is 12.4 Å². The van der Waals surface area contributed by atoms with E-state index in [1.807, 2.05) is 50.2 Å². The van der Waals surface area contributed by atoms with E-state index in [4.69, 9.17) is 4.74 Å². The van der Waals surface area contributed by atoms with Gasteiger partial charge in [-0.1, -0.05) is 12.1 Å². The largest absolute Gasteiger partial charge is 0.494 e. The Morgan fingerprint density at radius 3 is 2.48 bits per heavy atom. The molecule has 0 spiro atoms. The van der Waals surface area contributed by atoms with Crippen LogP contribution < -0.4 is 10.1 Å². The zero-order valence-corrected chi connectivity index (χ0v) is 12.4. The van der Waals surface area contributed by atoms with E-state index in [0.717, 1.165) is 16.9 Å². The summed E-state index contributed by atoms with van der Waals surface area (Å²) in [5, 5.41) is 2.99. The van der Waals surface area contributed by atoms with Gasteiger partial charge in [0.2, 0.25) is 5.91 Å². The summed E-state index contributed by atoms with van der Waals surface area (Å²) in [6.45, 7) is 4.55. The maximum atomic E-state index is 12.0. The lowest BCUT2D eigenvalue weighted by atomic mass is 10.1. The van der Waals surface area contributed by atoms with E-state index in [1.165, 1.54) is 0 Å². The number of aromatic nitrogens is 1. The van der Waals surface area contributed by atoms with Crippen LogP contribution in [-0.2, 0) is 11.2 Å². The Bertz CT molecular complexity index is 567. The molecular formula is C17H20N2O2. The van der Waals surface area contributed by atoms with Crippen LogP contribution in [0.1, 0.15) is 31.0 Å². The lowest BCUT2D eigenvalue weighted by Gasteiger charge is -2.14. The number of hydrogen-bond donors (Lipinski definition) is 1. The molecule has 1 amide bonds. The fourth-order valence-corrected chi connectivity index (χ4v) is 2.08. The molecule has 2 rings (SSSR count). The molecule has 1 aromatic carbocycles. The van der Waals surface area contributed by atoms with Crippen LogP contribution in [0.4, 0.5) is 0 Å². The van der Waals surface area contributed by atoms with Gasteiger partial charge in [0.25, 0.3) is 0 Å². The molecule has 0 aliphatic rings. The lowest BCUT2D eigenvalue weighted by molar-refractivity contribution is -0.121. The number of benzene rings is 1. The fraction of sp³-hybridized carbons (Fsp3) is 0.294. The van der Waals surface area contributed by atoms with Gasteiger partial charge in [0, 0.05) is 12.4 Å². The van der Waals surface area contributed by atoms with Crippen molar-refractivity contribution in [3.05, 3.63) is 59.9 Å². The second-order valence-electron chi connectivity index (χ2n) is 4.82. The summed E-state index contributed by atoms with van der Waals surface area (Å²) in [7, 11) is 0. The lowest BCUT2D eigenvalue weighted by Crippen LogP contribution is -2.28. The molecule has 21 heavy (non-hydrogen) atoms. The minimum absolute atomic E-state index is 0.00321. The molecule has 110 valence electrons. The summed E-state index contributed by atoms with van der Waals surface area (Å²) in [4.78, 5) is 16.0. The minimum Gasteiger partial charge on any atom is -0.494 e. The van der Waals surface area contributed by atoms with Crippen molar-refractivity contribution >= 4 is 5.91 Å². The highest BCUT2D eigenvalue weighted by molar-refractivity contribution is 5.79. The highest BCUT2D eigenvalue weighted by Gasteiger charge is 2.09. The molecule has 1 aromatic heterocycles. The molecule has 1 atom stereocenters. The van der Waals surface area contributed by atoms with Gasteiger partial charge in [-0.2, -0.15) is 0 Å². The molecule has 1 heterocycles. The summed E-state index contributed by atoms with van der Waals surface area (Å²) in [5.41, 5.74) is 2.02. The average Bonchev–Trinajstić information content (AvgIpc) is 2.50. The van der Waals surface area contributed by atoms with Gasteiger partial charge in [-0.05, 0) is 49.2 Å². The zero-order valence-electron chi connectivity index (χ0n) is 12.4. The van der Waals surface area contributed by atoms with E-state index in [-0.39, 0.29) is 11.9 Å². The molecule has 4 nitrogen and oxygen atoms in total. The number of nitrogens with one attached hydrogen (secondary N) is 1. The van der Waals surface area contributed by atoms with Crippen LogP contribution in [0, 0.1) is 0 Å². The third kappa shape index (κ3) is 4.60. The predicted octanol–water partition coefficient (Wildman–Crippen LogP) is 2.90. The minimum atomic E-state index is -0.0248. The van der Waals surface area contributed by atoms with Crippen LogP contribution >= 0.6 is 0 Å². The Kier molecular flexibility index (Phi) is 5.32. The molecule has 0 saturated carbocycles. The maximum Gasteiger partial charge on any atom is 0.224 e. The molecule has 0 bridgehead atoms. The number of ether oxygens (including phenoxy) is 1. The van der Waals surface area contributed by atoms with Crippen molar-refractivity contribution in [2.75, 3.05) is 6.61 Å². The topological polar surface area (TPSA) is 51.2 Å². The third-order valence-corrected chi connectivity index (χ3v) is 3.18. The summed E-state index contributed by atoms with van der Waals surface area (Å²) in [6.07, 6.45) is 3.82. The molecular weight excluding hydrogens is 264 g/mol. The highest BCUT2D eigenvalue weighted by atomic mass is 16.5. The molecule has 0 unspecified atom stereocenters. The Morgan fingerprint density at radius 1 is 1.19 bits per heavy atom. The van der Waals surface area contributed by atoms with Gasteiger partial charge >= 0.3 is 0 Å². The molecule has 0 aliphatic heterocycles. The van der Waals surface area contributed by atoms with Crippen molar-refractivity contribution in [2.45, 2.75) is 26.3 Å². The van der Waals surface area contributed by atoms with Crippen molar-refractivity contribution in [1.82, 2.24) is 10.3 Å². The number of amides is 1. The SMILES string of the molecule is CCOc1ccc(CC(=O)N[C@@H](C)c2ccncc2)cc1. The first kappa shape index (κ1) is 15.0. The Labute approximate surface area is 125 Å². The van der Waals surface area contributed by atoms with Gasteiger partial charge in [-0.25, -0.2) is 0 Å². The first-order valence-corrected chi connectivity index (χ1v) is 7.10. The van der Waals surface area contributed by atoms with Gasteiger partial charge in [-0.3, -0.25) is 9.78 Å². The fourth-order valence-electron chi connectivity index (χ4n) is 2.08. The van der Waals surface area contributed by atoms with Crippen LogP contribution in [0.2, 0.25) is 0 Å². The highest BCUT2D eigenvalue weighted by Crippen LogP contribution is 2.14. The third-order valence-electron chi connectivity index (χ3n) is 3.18. The molecule has 0 aliphatic carbocycles. The predicted molar refractivity (Wildman–Crippen MR) is 82.1 cm³/mol. The standard InChI is InChI=1S/C17H20N2O2/c1-3-21-16-6-4-14(5-7-16)12-17(20)19-13(2)15-8-10-18-11-9-15/h4-11,13H,3,12H2,1-2H3,(H,19,20)/t13-/m0/s1. The summed E-state index contributed by atoms with van der Waals surface area (Å²) < 4.78 is 5.38. The second kappa shape index (κ2) is 7.43. The first-order valence-electron chi connectivity index (χ1n) is 7.10. The molecule has 1 N–H and O–H groups in total. The van der Waals surface area contributed by atoms with Gasteiger partial charge < -0.3 is 10.1 Å². The van der Waals surface area contributed by atoms with Crippen molar-refractivity contribution in [1.29, 1.82) is 0 Å². The Balaban J connectivity index is 1.89. The van der Waals surface area contributed by atoms with Crippen LogP contribution in [0.15, 0.2) is 48.8 Å². The van der Waals surface area contributed by atoms with Gasteiger partial charge in [0.15, 0.2) is 0 Å². The molecule has 4 heteroatoms. The van der Waals surface area contributed by atoms with Crippen molar-refractivity contribution in [3.63, 3.8) is 0 Å². The summed E-state index contributed by atoms with van der Waals surface area (Å²) in [5.74, 6) is 0.829. The first-order chi connectivity index (χ1) is 10.2. The van der Waals surface area contributed by atoms with Crippen LogP contribution in [0.25, 0.3) is 0 Å². The van der Waals surface area contributed by atoms with Crippen molar-refractivity contribution in [3.8, 4) is 5.75 Å². The van der Waals surface area contributed by atoms with E-state index in [2.05, 4.69) is 10.3 Å². The zero-order chi connectivity index (χ0) is 15.1.